The number of amides is 1. The van der Waals surface area contributed by atoms with E-state index in [1.165, 1.54) is 0 Å². The van der Waals surface area contributed by atoms with Crippen molar-refractivity contribution in [3.63, 3.8) is 0 Å². The minimum atomic E-state index is -0.512. The number of nitrogens with one attached hydrogen (secondary N) is 1. The quantitative estimate of drug-likeness (QED) is 0.862. The van der Waals surface area contributed by atoms with E-state index in [0.717, 1.165) is 0 Å². The summed E-state index contributed by atoms with van der Waals surface area (Å²) in [5, 5.41) is 2.72. The van der Waals surface area contributed by atoms with Crippen LogP contribution in [0.25, 0.3) is 0 Å². The summed E-state index contributed by atoms with van der Waals surface area (Å²) in [6, 6.07) is -0.512. The zero-order valence-electron chi connectivity index (χ0n) is 13.2. The first-order chi connectivity index (χ1) is 9.21. The molecule has 1 rings (SSSR count). The fourth-order valence-corrected chi connectivity index (χ4v) is 2.11. The van der Waals surface area contributed by atoms with Gasteiger partial charge in [-0.2, -0.15) is 0 Å². The molecular weight excluding hydrogens is 258 g/mol. The van der Waals surface area contributed by atoms with Gasteiger partial charge in [-0.1, -0.05) is 34.6 Å². The summed E-state index contributed by atoms with van der Waals surface area (Å²) in [6.07, 6.45) is 0.814. The third kappa shape index (κ3) is 5.12. The van der Waals surface area contributed by atoms with Crippen LogP contribution in [-0.4, -0.2) is 37.2 Å². The van der Waals surface area contributed by atoms with Gasteiger partial charge < -0.3 is 14.8 Å². The maximum absolute atomic E-state index is 12.3. The summed E-state index contributed by atoms with van der Waals surface area (Å²) in [6.45, 7) is 10.6. The van der Waals surface area contributed by atoms with Crippen molar-refractivity contribution in [3.05, 3.63) is 0 Å². The van der Waals surface area contributed by atoms with E-state index in [1.807, 2.05) is 34.6 Å². The molecule has 0 aromatic carbocycles. The molecule has 0 spiro atoms. The Kier molecular flexibility index (Phi) is 5.99. The molecule has 0 unspecified atom stereocenters. The molecule has 0 radical (unpaired) electrons. The smallest absolute Gasteiger partial charge is 0.408 e. The van der Waals surface area contributed by atoms with Crippen molar-refractivity contribution in [2.24, 2.45) is 11.3 Å². The molecule has 5 heteroatoms. The fourth-order valence-electron chi connectivity index (χ4n) is 2.11. The number of hydrogen-bond acceptors (Lipinski definition) is 4. The van der Waals surface area contributed by atoms with Crippen LogP contribution < -0.4 is 5.32 Å². The summed E-state index contributed by atoms with van der Waals surface area (Å²) >= 11 is 0. The summed E-state index contributed by atoms with van der Waals surface area (Å²) < 4.78 is 10.6. The Morgan fingerprint density at radius 3 is 2.20 bits per heavy atom. The highest BCUT2D eigenvalue weighted by Gasteiger charge is 2.33. The number of alkyl carbamates (subject to hydrolysis) is 1. The molecule has 116 valence electrons. The van der Waals surface area contributed by atoms with Gasteiger partial charge in [0.15, 0.2) is 5.78 Å². The number of carbonyl (C=O) groups excluding carboxylic acids is 2. The van der Waals surface area contributed by atoms with Crippen LogP contribution in [0, 0.1) is 11.3 Å². The van der Waals surface area contributed by atoms with Gasteiger partial charge in [-0.3, -0.25) is 4.79 Å². The van der Waals surface area contributed by atoms with Gasteiger partial charge in [0.25, 0.3) is 0 Å². The fraction of sp³-hybridized carbons (Fsp3) is 0.867. The molecule has 1 fully saturated rings. The Morgan fingerprint density at radius 2 is 1.75 bits per heavy atom. The van der Waals surface area contributed by atoms with Crippen molar-refractivity contribution in [2.75, 3.05) is 13.2 Å². The Labute approximate surface area is 121 Å². The van der Waals surface area contributed by atoms with Crippen molar-refractivity contribution >= 4 is 11.9 Å². The number of ketones is 1. The second kappa shape index (κ2) is 7.07. The number of carbonyl (C=O) groups is 2. The predicted molar refractivity (Wildman–Crippen MR) is 76.5 cm³/mol. The SMILES string of the molecule is CC(C)[C@@H](NC(=O)OC1CCOCC1)C(=O)C(C)(C)C. The average Bonchev–Trinajstić information content (AvgIpc) is 2.35. The van der Waals surface area contributed by atoms with Crippen LogP contribution in [0.5, 0.6) is 0 Å². The Morgan fingerprint density at radius 1 is 1.20 bits per heavy atom. The highest BCUT2D eigenvalue weighted by atomic mass is 16.6. The summed E-state index contributed by atoms with van der Waals surface area (Å²) in [4.78, 5) is 24.3. The van der Waals surface area contributed by atoms with Crippen LogP contribution in [0.15, 0.2) is 0 Å². The van der Waals surface area contributed by atoms with Gasteiger partial charge in [0, 0.05) is 18.3 Å². The van der Waals surface area contributed by atoms with Gasteiger partial charge >= 0.3 is 6.09 Å². The van der Waals surface area contributed by atoms with E-state index < -0.39 is 17.6 Å². The summed E-state index contributed by atoms with van der Waals surface area (Å²) in [5.74, 6) is 0.0559. The van der Waals surface area contributed by atoms with Crippen LogP contribution in [0.3, 0.4) is 0 Å². The van der Waals surface area contributed by atoms with Gasteiger partial charge in [0.1, 0.15) is 6.10 Å². The summed E-state index contributed by atoms with van der Waals surface area (Å²) in [7, 11) is 0. The van der Waals surface area contributed by atoms with E-state index in [0.29, 0.717) is 26.1 Å². The van der Waals surface area contributed by atoms with Gasteiger partial charge in [-0.05, 0) is 5.92 Å². The Bertz CT molecular complexity index is 340. The first kappa shape index (κ1) is 17.0. The molecule has 1 aliphatic heterocycles. The number of ether oxygens (including phenoxy) is 2. The van der Waals surface area contributed by atoms with Gasteiger partial charge in [0.2, 0.25) is 0 Å². The van der Waals surface area contributed by atoms with E-state index >= 15 is 0 Å². The van der Waals surface area contributed by atoms with Crippen LogP contribution in [0.1, 0.15) is 47.5 Å². The third-order valence-corrected chi connectivity index (χ3v) is 3.40. The van der Waals surface area contributed by atoms with E-state index in [2.05, 4.69) is 5.32 Å². The minimum Gasteiger partial charge on any atom is -0.446 e. The second-order valence-electron chi connectivity index (χ2n) is 6.70. The lowest BCUT2D eigenvalue weighted by atomic mass is 9.82. The van der Waals surface area contributed by atoms with Crippen LogP contribution >= 0.6 is 0 Å². The first-order valence-electron chi connectivity index (χ1n) is 7.31. The maximum Gasteiger partial charge on any atom is 0.408 e. The molecule has 1 N–H and O–H groups in total. The average molecular weight is 285 g/mol. The second-order valence-corrected chi connectivity index (χ2v) is 6.70. The first-order valence-corrected chi connectivity index (χ1v) is 7.31. The lowest BCUT2D eigenvalue weighted by Crippen LogP contribution is -2.49. The van der Waals surface area contributed by atoms with Crippen LogP contribution in [0.2, 0.25) is 0 Å². The molecule has 0 aromatic rings. The van der Waals surface area contributed by atoms with E-state index in [4.69, 9.17) is 9.47 Å². The van der Waals surface area contributed by atoms with E-state index in [1.54, 1.807) is 0 Å². The molecule has 0 saturated carbocycles. The molecule has 0 bridgehead atoms. The van der Waals surface area contributed by atoms with Crippen molar-refractivity contribution in [1.82, 2.24) is 5.32 Å². The highest BCUT2D eigenvalue weighted by Crippen LogP contribution is 2.20. The molecule has 1 atom stereocenters. The van der Waals surface area contributed by atoms with E-state index in [9.17, 15) is 9.59 Å². The van der Waals surface area contributed by atoms with Crippen LogP contribution in [0.4, 0.5) is 4.79 Å². The molecule has 5 nitrogen and oxygen atoms in total. The number of rotatable bonds is 4. The molecule has 1 heterocycles. The van der Waals surface area contributed by atoms with Crippen molar-refractivity contribution in [3.8, 4) is 0 Å². The molecule has 1 saturated heterocycles. The Balaban J connectivity index is 2.57. The van der Waals surface area contributed by atoms with Crippen molar-refractivity contribution in [2.45, 2.75) is 59.6 Å². The van der Waals surface area contributed by atoms with E-state index in [-0.39, 0.29) is 17.8 Å². The molecular formula is C15H27NO4. The zero-order valence-corrected chi connectivity index (χ0v) is 13.2. The molecule has 0 aromatic heterocycles. The lowest BCUT2D eigenvalue weighted by molar-refractivity contribution is -0.129. The third-order valence-electron chi connectivity index (χ3n) is 3.40. The van der Waals surface area contributed by atoms with Gasteiger partial charge in [-0.15, -0.1) is 0 Å². The van der Waals surface area contributed by atoms with Gasteiger partial charge in [0.05, 0.1) is 19.3 Å². The molecule has 1 aliphatic rings. The minimum absolute atomic E-state index is 0.0245. The molecule has 0 aliphatic carbocycles. The van der Waals surface area contributed by atoms with Crippen LogP contribution in [-0.2, 0) is 14.3 Å². The van der Waals surface area contributed by atoms with Crippen molar-refractivity contribution in [1.29, 1.82) is 0 Å². The highest BCUT2D eigenvalue weighted by molar-refractivity contribution is 5.91. The largest absolute Gasteiger partial charge is 0.446 e. The molecule has 20 heavy (non-hydrogen) atoms. The normalized spacial score (nSPS) is 18.7. The Hall–Kier alpha value is -1.10. The number of hydrogen-bond donors (Lipinski definition) is 1. The lowest BCUT2D eigenvalue weighted by Gasteiger charge is -2.29. The van der Waals surface area contributed by atoms with Gasteiger partial charge in [-0.25, -0.2) is 4.79 Å². The zero-order chi connectivity index (χ0) is 15.3. The monoisotopic (exact) mass is 285 g/mol. The molecule has 1 amide bonds. The summed E-state index contributed by atoms with van der Waals surface area (Å²) in [5.41, 5.74) is -0.485. The standard InChI is InChI=1S/C15H27NO4/c1-10(2)12(13(17)15(3,4)5)16-14(18)20-11-6-8-19-9-7-11/h10-12H,6-9H2,1-5H3,(H,16,18)/t12-/m1/s1. The van der Waals surface area contributed by atoms with Crippen molar-refractivity contribution < 1.29 is 19.1 Å². The predicted octanol–water partition coefficient (Wildman–Crippen LogP) is 2.53. The maximum atomic E-state index is 12.3. The number of Topliss-reactive ketones (excluding diaryl/α,β-unsaturated/α-hetero) is 1. The topological polar surface area (TPSA) is 64.6 Å².